The van der Waals surface area contributed by atoms with Crippen molar-refractivity contribution in [2.75, 3.05) is 40.3 Å². The van der Waals surface area contributed by atoms with Gasteiger partial charge in [-0.2, -0.15) is 0 Å². The minimum Gasteiger partial charge on any atom is -0.356 e. The molecule has 6 heteroatoms. The van der Waals surface area contributed by atoms with E-state index in [2.05, 4.69) is 67.4 Å². The maximum absolute atomic E-state index is 4.39. The largest absolute Gasteiger partial charge is 0.356 e. The fourth-order valence-corrected chi connectivity index (χ4v) is 3.25. The van der Waals surface area contributed by atoms with Gasteiger partial charge in [-0.05, 0) is 63.0 Å². The van der Waals surface area contributed by atoms with Crippen molar-refractivity contribution in [2.24, 2.45) is 4.99 Å². The summed E-state index contributed by atoms with van der Waals surface area (Å²) in [5.41, 5.74) is 1.28. The van der Waals surface area contributed by atoms with Crippen molar-refractivity contribution in [1.82, 2.24) is 15.1 Å². The molecule has 136 valence electrons. The lowest BCUT2D eigenvalue weighted by molar-refractivity contribution is 0.330. The van der Waals surface area contributed by atoms with Crippen molar-refractivity contribution in [1.29, 1.82) is 0 Å². The fraction of sp³-hybridized carbons (Fsp3) is 0.611. The number of rotatable bonds is 7. The fourth-order valence-electron chi connectivity index (χ4n) is 2.99. The summed E-state index contributed by atoms with van der Waals surface area (Å²) in [5.74, 6) is 0.967. The predicted molar refractivity (Wildman–Crippen MR) is 117 cm³/mol. The Morgan fingerprint density at radius 2 is 1.88 bits per heavy atom. The van der Waals surface area contributed by atoms with Gasteiger partial charge in [0, 0.05) is 31.7 Å². The zero-order valence-electron chi connectivity index (χ0n) is 14.8. The van der Waals surface area contributed by atoms with Crippen LogP contribution in [0.1, 0.15) is 31.2 Å². The Morgan fingerprint density at radius 1 is 1.21 bits per heavy atom. The highest BCUT2D eigenvalue weighted by atomic mass is 127. The van der Waals surface area contributed by atoms with Gasteiger partial charge in [-0.15, -0.1) is 24.0 Å². The number of hydrogen-bond donors (Lipinski definition) is 1. The molecule has 0 aromatic heterocycles. The molecule has 4 nitrogen and oxygen atoms in total. The van der Waals surface area contributed by atoms with Gasteiger partial charge in [-0.25, -0.2) is 0 Å². The second kappa shape index (κ2) is 12.1. The zero-order valence-corrected chi connectivity index (χ0v) is 18.7. The van der Waals surface area contributed by atoms with Crippen LogP contribution in [0.4, 0.5) is 0 Å². The molecule has 1 fully saturated rings. The number of nitrogens with zero attached hydrogens (tertiary/aromatic N) is 3. The Kier molecular flexibility index (Phi) is 10.9. The summed E-state index contributed by atoms with van der Waals surface area (Å²) in [4.78, 5) is 9.14. The van der Waals surface area contributed by atoms with E-state index < -0.39 is 0 Å². The molecule has 0 radical (unpaired) electrons. The molecular formula is C18H30BrIN4. The quantitative estimate of drug-likeness (QED) is 0.262. The Labute approximate surface area is 172 Å². The summed E-state index contributed by atoms with van der Waals surface area (Å²) in [6.07, 6.45) is 5.22. The van der Waals surface area contributed by atoms with Crippen molar-refractivity contribution in [2.45, 2.75) is 32.2 Å². The van der Waals surface area contributed by atoms with Crippen LogP contribution in [0.5, 0.6) is 0 Å². The number of benzene rings is 1. The lowest BCUT2D eigenvalue weighted by Gasteiger charge is -2.22. The number of unbranched alkanes of at least 4 members (excludes halogenated alkanes) is 1. The third-order valence-electron chi connectivity index (χ3n) is 4.29. The smallest absolute Gasteiger partial charge is 0.193 e. The molecule has 0 aliphatic carbocycles. The number of aliphatic imine (C=N–C) groups is 1. The molecule has 24 heavy (non-hydrogen) atoms. The minimum atomic E-state index is 0. The van der Waals surface area contributed by atoms with Gasteiger partial charge in [0.15, 0.2) is 5.96 Å². The summed E-state index contributed by atoms with van der Waals surface area (Å²) in [6.45, 7) is 5.69. The van der Waals surface area contributed by atoms with Crippen LogP contribution >= 0.6 is 39.9 Å². The molecule has 0 atom stereocenters. The Morgan fingerprint density at radius 3 is 2.50 bits per heavy atom. The van der Waals surface area contributed by atoms with Gasteiger partial charge < -0.3 is 15.1 Å². The third kappa shape index (κ3) is 7.70. The molecule has 1 aliphatic rings. The second-order valence-electron chi connectivity index (χ2n) is 6.21. The first-order valence-corrected chi connectivity index (χ1v) is 9.37. The van der Waals surface area contributed by atoms with Crippen molar-refractivity contribution < 1.29 is 0 Å². The van der Waals surface area contributed by atoms with Crippen LogP contribution in [0.2, 0.25) is 0 Å². The standard InChI is InChI=1S/C18H29BrN4.HI/c1-20-18(21-11-3-4-12-23-13-5-6-14-23)22(2)15-16-7-9-17(19)10-8-16;/h7-10H,3-6,11-15H2,1-2H3,(H,20,21);1H. The van der Waals surface area contributed by atoms with Gasteiger partial charge in [-0.3, -0.25) is 4.99 Å². The van der Waals surface area contributed by atoms with Gasteiger partial charge in [0.05, 0.1) is 0 Å². The van der Waals surface area contributed by atoms with E-state index in [4.69, 9.17) is 0 Å². The van der Waals surface area contributed by atoms with Crippen LogP contribution in [0.3, 0.4) is 0 Å². The van der Waals surface area contributed by atoms with Crippen LogP contribution in [0.15, 0.2) is 33.7 Å². The first-order chi connectivity index (χ1) is 11.2. The molecule has 1 heterocycles. The SMILES string of the molecule is CN=C(NCCCCN1CCCC1)N(C)Cc1ccc(Br)cc1.I. The molecule has 0 bridgehead atoms. The van der Waals surface area contributed by atoms with E-state index in [-0.39, 0.29) is 24.0 Å². The molecule has 1 aromatic rings. The summed E-state index contributed by atoms with van der Waals surface area (Å²) in [7, 11) is 3.94. The van der Waals surface area contributed by atoms with Crippen LogP contribution in [-0.2, 0) is 6.54 Å². The van der Waals surface area contributed by atoms with E-state index in [1.165, 1.54) is 50.9 Å². The van der Waals surface area contributed by atoms with Gasteiger partial charge >= 0.3 is 0 Å². The van der Waals surface area contributed by atoms with Crippen LogP contribution in [-0.4, -0.2) is 56.0 Å². The maximum atomic E-state index is 4.39. The molecule has 0 spiro atoms. The number of hydrogen-bond acceptors (Lipinski definition) is 2. The molecule has 1 N–H and O–H groups in total. The maximum Gasteiger partial charge on any atom is 0.193 e. The van der Waals surface area contributed by atoms with E-state index in [1.807, 2.05) is 7.05 Å². The normalized spacial score (nSPS) is 15.2. The second-order valence-corrected chi connectivity index (χ2v) is 7.13. The van der Waals surface area contributed by atoms with E-state index in [9.17, 15) is 0 Å². The van der Waals surface area contributed by atoms with Crippen molar-refractivity contribution in [3.63, 3.8) is 0 Å². The van der Waals surface area contributed by atoms with E-state index in [1.54, 1.807) is 0 Å². The lowest BCUT2D eigenvalue weighted by atomic mass is 10.2. The summed E-state index contributed by atoms with van der Waals surface area (Å²) in [5, 5.41) is 3.47. The molecule has 0 saturated carbocycles. The molecule has 1 aliphatic heterocycles. The van der Waals surface area contributed by atoms with Crippen LogP contribution in [0.25, 0.3) is 0 Å². The van der Waals surface area contributed by atoms with E-state index >= 15 is 0 Å². The zero-order chi connectivity index (χ0) is 16.5. The van der Waals surface area contributed by atoms with Crippen molar-refractivity contribution >= 4 is 45.9 Å². The molecule has 0 unspecified atom stereocenters. The average Bonchev–Trinajstić information content (AvgIpc) is 3.06. The summed E-state index contributed by atoms with van der Waals surface area (Å²) in [6, 6.07) is 8.45. The highest BCUT2D eigenvalue weighted by molar-refractivity contribution is 14.0. The molecule has 1 saturated heterocycles. The predicted octanol–water partition coefficient (Wildman–Crippen LogP) is 3.95. The third-order valence-corrected chi connectivity index (χ3v) is 4.82. The van der Waals surface area contributed by atoms with Gasteiger partial charge in [0.1, 0.15) is 0 Å². The first kappa shape index (κ1) is 21.7. The first-order valence-electron chi connectivity index (χ1n) is 8.57. The summed E-state index contributed by atoms with van der Waals surface area (Å²) < 4.78 is 1.12. The van der Waals surface area contributed by atoms with Crippen molar-refractivity contribution in [3.05, 3.63) is 34.3 Å². The van der Waals surface area contributed by atoms with E-state index in [0.717, 1.165) is 23.5 Å². The molecule has 2 rings (SSSR count). The lowest BCUT2D eigenvalue weighted by Crippen LogP contribution is -2.39. The summed E-state index contributed by atoms with van der Waals surface area (Å²) >= 11 is 3.47. The minimum absolute atomic E-state index is 0. The van der Waals surface area contributed by atoms with E-state index in [0.29, 0.717) is 0 Å². The van der Waals surface area contributed by atoms with Crippen LogP contribution in [0, 0.1) is 0 Å². The molecule has 0 amide bonds. The van der Waals surface area contributed by atoms with Gasteiger partial charge in [0.25, 0.3) is 0 Å². The topological polar surface area (TPSA) is 30.9 Å². The molecular weight excluding hydrogens is 479 g/mol. The van der Waals surface area contributed by atoms with Gasteiger partial charge in [0.2, 0.25) is 0 Å². The van der Waals surface area contributed by atoms with Crippen molar-refractivity contribution in [3.8, 4) is 0 Å². The van der Waals surface area contributed by atoms with Crippen LogP contribution < -0.4 is 5.32 Å². The Hall–Kier alpha value is -0.340. The highest BCUT2D eigenvalue weighted by Crippen LogP contribution is 2.12. The number of halogens is 2. The number of likely N-dealkylation sites (tertiary alicyclic amines) is 1. The number of guanidine groups is 1. The average molecular weight is 509 g/mol. The highest BCUT2D eigenvalue weighted by Gasteiger charge is 2.10. The Balaban J connectivity index is 0.00000288. The van der Waals surface area contributed by atoms with Gasteiger partial charge in [-0.1, -0.05) is 28.1 Å². The molecule has 1 aromatic carbocycles. The number of nitrogens with one attached hydrogen (secondary N) is 1. The Bertz CT molecular complexity index is 486. The monoisotopic (exact) mass is 508 g/mol.